The molecule has 1 heterocycles. The van der Waals surface area contributed by atoms with E-state index in [0.717, 1.165) is 22.6 Å². The summed E-state index contributed by atoms with van der Waals surface area (Å²) in [5.41, 5.74) is 2.41. The van der Waals surface area contributed by atoms with Gasteiger partial charge < -0.3 is 14.7 Å². The van der Waals surface area contributed by atoms with Crippen molar-refractivity contribution in [1.29, 1.82) is 0 Å². The van der Waals surface area contributed by atoms with Crippen LogP contribution in [0.5, 0.6) is 5.75 Å². The number of ether oxygens (including phenoxy) is 1. The van der Waals surface area contributed by atoms with Crippen molar-refractivity contribution in [2.45, 2.75) is 32.5 Å². The minimum absolute atomic E-state index is 0.0318. The number of rotatable bonds is 6. The van der Waals surface area contributed by atoms with Gasteiger partial charge in [0.25, 0.3) is 0 Å². The minimum Gasteiger partial charge on any atom is -0.489 e. The molecule has 24 heavy (non-hydrogen) atoms. The molecule has 1 atom stereocenters. The molecule has 0 bridgehead atoms. The Morgan fingerprint density at radius 3 is 2.42 bits per heavy atom. The number of aliphatic hydroxyl groups is 1. The smallest absolute Gasteiger partial charge is 0.168 e. The van der Waals surface area contributed by atoms with Gasteiger partial charge >= 0.3 is 0 Å². The van der Waals surface area contributed by atoms with Gasteiger partial charge in [-0.25, -0.2) is 0 Å². The van der Waals surface area contributed by atoms with E-state index >= 15 is 0 Å². The Morgan fingerprint density at radius 2 is 1.83 bits per heavy atom. The van der Waals surface area contributed by atoms with Crippen molar-refractivity contribution in [2.24, 2.45) is 11.1 Å². The highest BCUT2D eigenvalue weighted by atomic mass is 16.7. The van der Waals surface area contributed by atoms with Gasteiger partial charge in [0.1, 0.15) is 12.4 Å². The third-order valence-electron chi connectivity index (χ3n) is 4.56. The van der Waals surface area contributed by atoms with Crippen molar-refractivity contribution < 1.29 is 14.7 Å². The number of benzene rings is 2. The summed E-state index contributed by atoms with van der Waals surface area (Å²) in [6.45, 7) is 4.59. The van der Waals surface area contributed by atoms with Gasteiger partial charge in [-0.1, -0.05) is 49.3 Å². The lowest BCUT2D eigenvalue weighted by Crippen LogP contribution is -2.39. The van der Waals surface area contributed by atoms with Gasteiger partial charge in [0.2, 0.25) is 0 Å². The van der Waals surface area contributed by atoms with Crippen LogP contribution in [0.4, 0.5) is 0 Å². The van der Waals surface area contributed by atoms with Gasteiger partial charge in [0.05, 0.1) is 12.3 Å². The van der Waals surface area contributed by atoms with Gasteiger partial charge in [-0.15, -0.1) is 0 Å². The predicted molar refractivity (Wildman–Crippen MR) is 94.1 cm³/mol. The van der Waals surface area contributed by atoms with Crippen molar-refractivity contribution in [3.8, 4) is 5.75 Å². The van der Waals surface area contributed by atoms with Crippen LogP contribution in [0.15, 0.2) is 59.8 Å². The zero-order valence-corrected chi connectivity index (χ0v) is 14.1. The Bertz CT molecular complexity index is 695. The fourth-order valence-electron chi connectivity index (χ4n) is 2.71. The summed E-state index contributed by atoms with van der Waals surface area (Å²) in [4.78, 5) is 5.56. The van der Waals surface area contributed by atoms with Crippen LogP contribution in [0, 0.1) is 5.92 Å². The number of hydrogen-bond donors (Lipinski definition) is 1. The molecular weight excluding hydrogens is 302 g/mol. The van der Waals surface area contributed by atoms with Crippen molar-refractivity contribution in [3.63, 3.8) is 0 Å². The van der Waals surface area contributed by atoms with E-state index in [1.165, 1.54) is 0 Å². The second kappa shape index (κ2) is 7.05. The van der Waals surface area contributed by atoms with Crippen LogP contribution in [-0.4, -0.2) is 23.0 Å². The number of aliphatic hydroxyl groups excluding tert-OH is 1. The van der Waals surface area contributed by atoms with Crippen LogP contribution in [0.1, 0.15) is 31.4 Å². The van der Waals surface area contributed by atoms with Gasteiger partial charge in [-0.2, -0.15) is 0 Å². The maximum absolute atomic E-state index is 9.66. The summed E-state index contributed by atoms with van der Waals surface area (Å²) in [6.07, 6.45) is 0.616. The molecule has 4 nitrogen and oxygen atoms in total. The maximum atomic E-state index is 9.66. The lowest BCUT2D eigenvalue weighted by molar-refractivity contribution is -0.0874. The SMILES string of the molecule is CC(C)[C@]1(CO)CC(c2ccc(OCc3ccccc3)cc2)=NO1. The van der Waals surface area contributed by atoms with E-state index in [9.17, 15) is 5.11 Å². The van der Waals surface area contributed by atoms with Crippen LogP contribution in [0.3, 0.4) is 0 Å². The second-order valence-electron chi connectivity index (χ2n) is 6.48. The third kappa shape index (κ3) is 3.44. The topological polar surface area (TPSA) is 51.0 Å². The Labute approximate surface area is 142 Å². The maximum Gasteiger partial charge on any atom is 0.168 e. The minimum atomic E-state index is -0.599. The average Bonchev–Trinajstić information content (AvgIpc) is 3.07. The zero-order valence-electron chi connectivity index (χ0n) is 14.1. The first-order valence-corrected chi connectivity index (χ1v) is 8.26. The molecule has 0 saturated carbocycles. The number of oxime groups is 1. The molecule has 0 spiro atoms. The summed E-state index contributed by atoms with van der Waals surface area (Å²) in [5, 5.41) is 13.8. The lowest BCUT2D eigenvalue weighted by atomic mass is 9.85. The third-order valence-corrected chi connectivity index (χ3v) is 4.56. The summed E-state index contributed by atoms with van der Waals surface area (Å²) in [6, 6.07) is 17.9. The first kappa shape index (κ1) is 16.5. The number of hydrogen-bond acceptors (Lipinski definition) is 4. The molecule has 3 rings (SSSR count). The normalized spacial score (nSPS) is 19.9. The average molecular weight is 325 g/mol. The molecule has 0 aromatic heterocycles. The van der Waals surface area contributed by atoms with E-state index in [4.69, 9.17) is 9.57 Å². The highest BCUT2D eigenvalue weighted by Gasteiger charge is 2.42. The van der Waals surface area contributed by atoms with Gasteiger partial charge in [-0.05, 0) is 41.3 Å². The Hall–Kier alpha value is -2.33. The Kier molecular flexibility index (Phi) is 4.86. The van der Waals surface area contributed by atoms with Crippen molar-refractivity contribution in [1.82, 2.24) is 0 Å². The Morgan fingerprint density at radius 1 is 1.12 bits per heavy atom. The molecule has 2 aromatic carbocycles. The molecule has 2 aromatic rings. The highest BCUT2D eigenvalue weighted by molar-refractivity contribution is 6.01. The van der Waals surface area contributed by atoms with Crippen LogP contribution in [0.25, 0.3) is 0 Å². The number of nitrogens with zero attached hydrogens (tertiary/aromatic N) is 1. The molecular formula is C20H23NO3. The van der Waals surface area contributed by atoms with Gasteiger partial charge in [-0.3, -0.25) is 0 Å². The van der Waals surface area contributed by atoms with Crippen LogP contribution in [-0.2, 0) is 11.4 Å². The molecule has 1 aliphatic rings. The molecule has 0 unspecified atom stereocenters. The largest absolute Gasteiger partial charge is 0.489 e. The molecule has 1 aliphatic heterocycles. The molecule has 126 valence electrons. The summed E-state index contributed by atoms with van der Waals surface area (Å²) < 4.78 is 5.80. The molecule has 0 fully saturated rings. The van der Waals surface area contributed by atoms with Crippen LogP contribution in [0.2, 0.25) is 0 Å². The van der Waals surface area contributed by atoms with Crippen LogP contribution >= 0.6 is 0 Å². The standard InChI is InChI=1S/C20H23NO3/c1-15(2)20(14-22)12-19(21-24-20)17-8-10-18(11-9-17)23-13-16-6-4-3-5-7-16/h3-11,15,22H,12-14H2,1-2H3/t20-/m1/s1. The predicted octanol–water partition coefficient (Wildman–Crippen LogP) is 3.78. The summed E-state index contributed by atoms with van der Waals surface area (Å²) in [5.74, 6) is 1.01. The first-order valence-electron chi connectivity index (χ1n) is 8.26. The van der Waals surface area contributed by atoms with E-state index in [0.29, 0.717) is 13.0 Å². The van der Waals surface area contributed by atoms with Crippen molar-refractivity contribution in [2.75, 3.05) is 6.61 Å². The van der Waals surface area contributed by atoms with Gasteiger partial charge in [0.15, 0.2) is 5.60 Å². The first-order chi connectivity index (χ1) is 11.6. The second-order valence-corrected chi connectivity index (χ2v) is 6.48. The molecule has 1 N–H and O–H groups in total. The lowest BCUT2D eigenvalue weighted by Gasteiger charge is -2.28. The fourth-order valence-corrected chi connectivity index (χ4v) is 2.71. The van der Waals surface area contributed by atoms with Crippen molar-refractivity contribution in [3.05, 3.63) is 65.7 Å². The van der Waals surface area contributed by atoms with Crippen molar-refractivity contribution >= 4 is 5.71 Å². The van der Waals surface area contributed by atoms with E-state index in [2.05, 4.69) is 5.16 Å². The van der Waals surface area contributed by atoms with E-state index in [-0.39, 0.29) is 12.5 Å². The molecule has 0 radical (unpaired) electrons. The summed E-state index contributed by atoms with van der Waals surface area (Å²) >= 11 is 0. The monoisotopic (exact) mass is 325 g/mol. The fraction of sp³-hybridized carbons (Fsp3) is 0.350. The quantitative estimate of drug-likeness (QED) is 0.879. The van der Waals surface area contributed by atoms with Crippen LogP contribution < -0.4 is 4.74 Å². The zero-order chi connectivity index (χ0) is 17.0. The van der Waals surface area contributed by atoms with E-state index in [1.807, 2.05) is 68.4 Å². The molecule has 0 aliphatic carbocycles. The van der Waals surface area contributed by atoms with E-state index < -0.39 is 5.60 Å². The molecule has 0 saturated heterocycles. The molecule has 4 heteroatoms. The van der Waals surface area contributed by atoms with Gasteiger partial charge in [0, 0.05) is 6.42 Å². The Balaban J connectivity index is 1.63. The molecule has 0 amide bonds. The highest BCUT2D eigenvalue weighted by Crippen LogP contribution is 2.33. The van der Waals surface area contributed by atoms with E-state index in [1.54, 1.807) is 0 Å². The summed E-state index contributed by atoms with van der Waals surface area (Å²) in [7, 11) is 0.